The van der Waals surface area contributed by atoms with E-state index in [0.717, 1.165) is 4.99 Å². The third-order valence-electron chi connectivity index (χ3n) is 2.11. The summed E-state index contributed by atoms with van der Waals surface area (Å²) < 4.78 is 0. The highest BCUT2D eigenvalue weighted by Gasteiger charge is 2.34. The summed E-state index contributed by atoms with van der Waals surface area (Å²) in [6.07, 6.45) is 1.68. The Morgan fingerprint density at radius 3 is 2.50 bits per heavy atom. The second-order valence-electron chi connectivity index (χ2n) is 3.03. The molecule has 1 N–H and O–H groups in total. The predicted molar refractivity (Wildman–Crippen MR) is 47.5 cm³/mol. The van der Waals surface area contributed by atoms with Gasteiger partial charge in [-0.25, -0.2) is 0 Å². The molecule has 0 radical (unpaired) electrons. The maximum Gasteiger partial charge on any atom is 0.112 e. The van der Waals surface area contributed by atoms with Crippen molar-refractivity contribution in [2.75, 3.05) is 0 Å². The Morgan fingerprint density at radius 1 is 1.70 bits per heavy atom. The van der Waals surface area contributed by atoms with Crippen LogP contribution in [0.1, 0.15) is 20.8 Å². The van der Waals surface area contributed by atoms with Crippen molar-refractivity contribution in [3.63, 3.8) is 0 Å². The topological polar surface area (TPSA) is 24.4 Å². The zero-order valence-corrected chi connectivity index (χ0v) is 7.33. The van der Waals surface area contributed by atoms with Gasteiger partial charge >= 0.3 is 0 Å². The molecular weight excluding hydrogens is 144 g/mol. The van der Waals surface area contributed by atoms with E-state index in [1.165, 1.54) is 0 Å². The molecule has 0 fully saturated rings. The molecule has 0 saturated heterocycles. The van der Waals surface area contributed by atoms with E-state index in [2.05, 4.69) is 31.1 Å². The molecule has 10 heavy (non-hydrogen) atoms. The third kappa shape index (κ3) is 0.944. The second kappa shape index (κ2) is 2.31. The number of hydrogen-bond acceptors (Lipinski definition) is 2. The second-order valence-corrected chi connectivity index (χ2v) is 3.44. The van der Waals surface area contributed by atoms with Gasteiger partial charge in [0.05, 0.1) is 6.34 Å². The maximum atomic E-state index is 5.09. The first-order valence-corrected chi connectivity index (χ1v) is 3.83. The fraction of sp³-hybridized carbons (Fsp3) is 0.714. The van der Waals surface area contributed by atoms with Crippen LogP contribution in [0, 0.1) is 5.92 Å². The average Bonchev–Trinajstić information content (AvgIpc) is 2.15. The van der Waals surface area contributed by atoms with Crippen molar-refractivity contribution < 1.29 is 0 Å². The highest BCUT2D eigenvalue weighted by atomic mass is 32.1. The molecular formula is C7H12N2S. The number of aliphatic imine (C=N–C) groups is 1. The van der Waals surface area contributed by atoms with Crippen LogP contribution in [0.2, 0.25) is 0 Å². The van der Waals surface area contributed by atoms with Crippen molar-refractivity contribution in [3.05, 3.63) is 0 Å². The molecule has 1 heterocycles. The summed E-state index contributed by atoms with van der Waals surface area (Å²) in [5.74, 6) is 0.464. The Labute approximate surface area is 66.7 Å². The molecule has 0 aromatic rings. The number of nitrogens with zero attached hydrogens (tertiary/aromatic N) is 1. The Balaban J connectivity index is 2.86. The van der Waals surface area contributed by atoms with Crippen LogP contribution in [0.5, 0.6) is 0 Å². The molecule has 0 bridgehead atoms. The fourth-order valence-electron chi connectivity index (χ4n) is 0.841. The molecule has 3 heteroatoms. The number of nitrogens with one attached hydrogen (secondary N) is 1. The fourth-order valence-corrected chi connectivity index (χ4v) is 1.18. The molecule has 2 nitrogen and oxygen atoms in total. The normalized spacial score (nSPS) is 31.4. The van der Waals surface area contributed by atoms with E-state index in [4.69, 9.17) is 12.2 Å². The van der Waals surface area contributed by atoms with Crippen LogP contribution >= 0.6 is 12.2 Å². The van der Waals surface area contributed by atoms with Gasteiger partial charge in [-0.1, -0.05) is 26.1 Å². The summed E-state index contributed by atoms with van der Waals surface area (Å²) in [5.41, 5.74) is -0.157. The van der Waals surface area contributed by atoms with Crippen molar-refractivity contribution in [3.8, 4) is 0 Å². The van der Waals surface area contributed by atoms with E-state index >= 15 is 0 Å². The summed E-state index contributed by atoms with van der Waals surface area (Å²) in [5, 5.41) is 2.93. The summed E-state index contributed by atoms with van der Waals surface area (Å²) >= 11 is 5.09. The molecule has 1 atom stereocenters. The van der Waals surface area contributed by atoms with Crippen LogP contribution in [0.4, 0.5) is 0 Å². The van der Waals surface area contributed by atoms with Gasteiger partial charge in [0, 0.05) is 0 Å². The first-order chi connectivity index (χ1) is 4.57. The molecule has 0 saturated carbocycles. The van der Waals surface area contributed by atoms with E-state index in [9.17, 15) is 0 Å². The lowest BCUT2D eigenvalue weighted by atomic mass is 9.90. The molecule has 0 aliphatic carbocycles. The Morgan fingerprint density at radius 2 is 2.30 bits per heavy atom. The van der Waals surface area contributed by atoms with Crippen molar-refractivity contribution >= 4 is 23.5 Å². The van der Waals surface area contributed by atoms with Gasteiger partial charge in [-0.15, -0.1) is 0 Å². The highest BCUT2D eigenvalue weighted by Crippen LogP contribution is 2.24. The van der Waals surface area contributed by atoms with E-state index in [-0.39, 0.29) is 5.54 Å². The Hall–Kier alpha value is -0.440. The maximum absolute atomic E-state index is 5.09. The summed E-state index contributed by atoms with van der Waals surface area (Å²) in [7, 11) is 0. The lowest BCUT2D eigenvalue weighted by Crippen LogP contribution is -2.38. The largest absolute Gasteiger partial charge is 0.339 e. The Kier molecular flexibility index (Phi) is 1.77. The molecule has 1 aliphatic rings. The lowest BCUT2D eigenvalue weighted by Gasteiger charge is -2.24. The van der Waals surface area contributed by atoms with Gasteiger partial charge in [0.1, 0.15) is 10.5 Å². The smallest absolute Gasteiger partial charge is 0.112 e. The number of hydrogen-bond donors (Lipinski definition) is 1. The van der Waals surface area contributed by atoms with E-state index in [1.807, 2.05) is 0 Å². The van der Waals surface area contributed by atoms with Crippen LogP contribution in [-0.2, 0) is 0 Å². The van der Waals surface area contributed by atoms with Crippen molar-refractivity contribution in [1.82, 2.24) is 5.32 Å². The zero-order chi connectivity index (χ0) is 7.78. The van der Waals surface area contributed by atoms with Crippen LogP contribution in [0.3, 0.4) is 0 Å². The van der Waals surface area contributed by atoms with Gasteiger partial charge in [-0.3, -0.25) is 4.99 Å². The lowest BCUT2D eigenvalue weighted by molar-refractivity contribution is 0.461. The van der Waals surface area contributed by atoms with Crippen LogP contribution in [-0.4, -0.2) is 16.9 Å². The minimum Gasteiger partial charge on any atom is -0.339 e. The first-order valence-electron chi connectivity index (χ1n) is 3.42. The third-order valence-corrected chi connectivity index (χ3v) is 2.64. The van der Waals surface area contributed by atoms with E-state index in [0.29, 0.717) is 5.92 Å². The molecule has 0 amide bonds. The monoisotopic (exact) mass is 156 g/mol. The van der Waals surface area contributed by atoms with Gasteiger partial charge in [-0.2, -0.15) is 0 Å². The predicted octanol–water partition coefficient (Wildman–Crippen LogP) is 1.36. The SMILES string of the molecule is CC(C)C1(C)N=CNC1=S. The number of thiocarbonyl (C=S) groups is 1. The highest BCUT2D eigenvalue weighted by molar-refractivity contribution is 7.80. The van der Waals surface area contributed by atoms with Crippen LogP contribution < -0.4 is 5.32 Å². The summed E-state index contributed by atoms with van der Waals surface area (Å²) in [6.45, 7) is 6.30. The Bertz CT molecular complexity index is 186. The van der Waals surface area contributed by atoms with Crippen molar-refractivity contribution in [2.24, 2.45) is 10.9 Å². The molecule has 0 aromatic heterocycles. The minimum absolute atomic E-state index is 0.157. The summed E-state index contributed by atoms with van der Waals surface area (Å²) in [4.78, 5) is 5.11. The minimum atomic E-state index is -0.157. The molecule has 1 rings (SSSR count). The summed E-state index contributed by atoms with van der Waals surface area (Å²) in [6, 6.07) is 0. The van der Waals surface area contributed by atoms with Gasteiger partial charge < -0.3 is 5.32 Å². The van der Waals surface area contributed by atoms with E-state index in [1.54, 1.807) is 6.34 Å². The van der Waals surface area contributed by atoms with Crippen LogP contribution in [0.15, 0.2) is 4.99 Å². The molecule has 1 aliphatic heterocycles. The number of rotatable bonds is 1. The molecule has 56 valence electrons. The molecule has 1 unspecified atom stereocenters. The standard InChI is InChI=1S/C7H12N2S/c1-5(2)7(3)6(10)8-4-9-7/h4-5H,1-3H3,(H,8,9,10). The van der Waals surface area contributed by atoms with Gasteiger partial charge in [0.15, 0.2) is 0 Å². The average molecular weight is 156 g/mol. The quantitative estimate of drug-likeness (QED) is 0.580. The van der Waals surface area contributed by atoms with Crippen molar-refractivity contribution in [1.29, 1.82) is 0 Å². The zero-order valence-electron chi connectivity index (χ0n) is 6.51. The molecule has 0 aromatic carbocycles. The van der Waals surface area contributed by atoms with Gasteiger partial charge in [0.2, 0.25) is 0 Å². The molecule has 0 spiro atoms. The van der Waals surface area contributed by atoms with Crippen molar-refractivity contribution in [2.45, 2.75) is 26.3 Å². The van der Waals surface area contributed by atoms with E-state index < -0.39 is 0 Å². The van der Waals surface area contributed by atoms with Gasteiger partial charge in [0.25, 0.3) is 0 Å². The first kappa shape index (κ1) is 7.66. The van der Waals surface area contributed by atoms with Crippen LogP contribution in [0.25, 0.3) is 0 Å². The van der Waals surface area contributed by atoms with Gasteiger partial charge in [-0.05, 0) is 12.8 Å².